The second-order valence-corrected chi connectivity index (χ2v) is 9.15. The normalized spacial score (nSPS) is 21.2. The molecule has 2 fully saturated rings. The van der Waals surface area contributed by atoms with E-state index < -0.39 is 5.82 Å². The van der Waals surface area contributed by atoms with Crippen LogP contribution in [0.4, 0.5) is 10.3 Å². The van der Waals surface area contributed by atoms with Crippen LogP contribution < -0.4 is 4.90 Å². The maximum Gasteiger partial charge on any atom is 0.256 e. The summed E-state index contributed by atoms with van der Waals surface area (Å²) in [7, 11) is 3.22. The maximum absolute atomic E-state index is 14.2. The van der Waals surface area contributed by atoms with Gasteiger partial charge < -0.3 is 14.5 Å². The molecule has 4 rings (SSSR count). The Labute approximate surface area is 187 Å². The maximum atomic E-state index is 14.2. The summed E-state index contributed by atoms with van der Waals surface area (Å²) in [5, 5.41) is 0.556. The van der Waals surface area contributed by atoms with Gasteiger partial charge in [0.25, 0.3) is 5.91 Å². The van der Waals surface area contributed by atoms with Crippen molar-refractivity contribution >= 4 is 23.5 Å². The third-order valence-corrected chi connectivity index (χ3v) is 6.48. The highest BCUT2D eigenvalue weighted by molar-refractivity contribution is 6.30. The molecular formula is C23H28ClFN4O2. The molecule has 2 aliphatic rings. The molecule has 1 aliphatic carbocycles. The van der Waals surface area contributed by atoms with Crippen LogP contribution in [0.1, 0.15) is 35.2 Å². The first-order valence-electron chi connectivity index (χ1n) is 10.7. The van der Waals surface area contributed by atoms with Crippen LogP contribution in [0.5, 0.6) is 0 Å². The Kier molecular flexibility index (Phi) is 6.72. The van der Waals surface area contributed by atoms with E-state index in [9.17, 15) is 9.18 Å². The molecule has 0 bridgehead atoms. The van der Waals surface area contributed by atoms with Crippen LogP contribution in [0.15, 0.2) is 30.6 Å². The van der Waals surface area contributed by atoms with Gasteiger partial charge in [-0.1, -0.05) is 17.7 Å². The van der Waals surface area contributed by atoms with Gasteiger partial charge in [0, 0.05) is 27.2 Å². The van der Waals surface area contributed by atoms with Gasteiger partial charge >= 0.3 is 0 Å². The highest BCUT2D eigenvalue weighted by Crippen LogP contribution is 2.48. The highest BCUT2D eigenvalue weighted by atomic mass is 35.5. The number of piperidine rings is 1. The third kappa shape index (κ3) is 5.33. The van der Waals surface area contributed by atoms with Crippen molar-refractivity contribution in [2.24, 2.45) is 17.8 Å². The molecule has 1 saturated heterocycles. The molecule has 8 heteroatoms. The smallest absolute Gasteiger partial charge is 0.256 e. The van der Waals surface area contributed by atoms with Crippen molar-refractivity contribution in [2.75, 3.05) is 38.7 Å². The monoisotopic (exact) mass is 446 g/mol. The van der Waals surface area contributed by atoms with Gasteiger partial charge in [0.1, 0.15) is 5.82 Å². The van der Waals surface area contributed by atoms with Crippen molar-refractivity contribution < 1.29 is 13.9 Å². The second-order valence-electron chi connectivity index (χ2n) is 8.71. The van der Waals surface area contributed by atoms with E-state index in [0.29, 0.717) is 36.0 Å². The molecule has 1 saturated carbocycles. The molecule has 0 spiro atoms. The Balaban J connectivity index is 1.19. The summed E-state index contributed by atoms with van der Waals surface area (Å²) in [5.41, 5.74) is 0.840. The second kappa shape index (κ2) is 9.49. The Bertz CT molecular complexity index is 916. The summed E-state index contributed by atoms with van der Waals surface area (Å²) in [6.07, 6.45) is 6.76. The van der Waals surface area contributed by atoms with Gasteiger partial charge in [0.05, 0.1) is 36.2 Å². The molecule has 31 heavy (non-hydrogen) atoms. The number of nitrogens with zero attached hydrogens (tertiary/aromatic N) is 4. The summed E-state index contributed by atoms with van der Waals surface area (Å²) in [5.74, 6) is 1.93. The molecule has 166 valence electrons. The molecular weight excluding hydrogens is 419 g/mol. The van der Waals surface area contributed by atoms with E-state index >= 15 is 0 Å². The number of amides is 1. The molecule has 1 aromatic heterocycles. The van der Waals surface area contributed by atoms with E-state index in [1.54, 1.807) is 32.6 Å². The summed E-state index contributed by atoms with van der Waals surface area (Å²) < 4.78 is 20.1. The lowest BCUT2D eigenvalue weighted by atomic mass is 9.91. The minimum Gasteiger partial charge on any atom is -0.376 e. The Morgan fingerprint density at radius 3 is 2.61 bits per heavy atom. The van der Waals surface area contributed by atoms with Crippen LogP contribution in [0, 0.1) is 23.6 Å². The number of halogens is 2. The van der Waals surface area contributed by atoms with Gasteiger partial charge in [0.15, 0.2) is 0 Å². The molecule has 0 radical (unpaired) electrons. The zero-order valence-corrected chi connectivity index (χ0v) is 18.7. The van der Waals surface area contributed by atoms with Gasteiger partial charge in [-0.2, -0.15) is 0 Å². The number of rotatable bonds is 7. The summed E-state index contributed by atoms with van der Waals surface area (Å²) in [6, 6.07) is 4.70. The molecule has 1 amide bonds. The van der Waals surface area contributed by atoms with E-state index in [0.717, 1.165) is 37.4 Å². The predicted molar refractivity (Wildman–Crippen MR) is 118 cm³/mol. The van der Waals surface area contributed by atoms with Crippen molar-refractivity contribution in [3.63, 3.8) is 0 Å². The zero-order valence-electron chi connectivity index (χ0n) is 17.9. The van der Waals surface area contributed by atoms with E-state index in [1.165, 1.54) is 23.5 Å². The fourth-order valence-electron chi connectivity index (χ4n) is 4.43. The topological polar surface area (TPSA) is 58.6 Å². The van der Waals surface area contributed by atoms with Crippen LogP contribution >= 0.6 is 11.6 Å². The first kappa shape index (κ1) is 22.0. The Morgan fingerprint density at radius 1 is 1.26 bits per heavy atom. The van der Waals surface area contributed by atoms with Crippen molar-refractivity contribution in [1.29, 1.82) is 0 Å². The van der Waals surface area contributed by atoms with Crippen LogP contribution in [-0.2, 0) is 11.3 Å². The number of hydrogen-bond acceptors (Lipinski definition) is 5. The quantitative estimate of drug-likeness (QED) is 0.642. The van der Waals surface area contributed by atoms with Crippen molar-refractivity contribution in [1.82, 2.24) is 14.9 Å². The predicted octanol–water partition coefficient (Wildman–Crippen LogP) is 4.04. The van der Waals surface area contributed by atoms with Gasteiger partial charge in [-0.3, -0.25) is 4.79 Å². The fraction of sp³-hybridized carbons (Fsp3) is 0.522. The minimum atomic E-state index is -0.500. The Hall–Kier alpha value is -2.25. The van der Waals surface area contributed by atoms with E-state index in [1.807, 2.05) is 0 Å². The molecule has 6 nitrogen and oxygen atoms in total. The Morgan fingerprint density at radius 2 is 1.97 bits per heavy atom. The van der Waals surface area contributed by atoms with Gasteiger partial charge in [0.2, 0.25) is 5.95 Å². The number of ether oxygens (including phenoxy) is 1. The highest BCUT2D eigenvalue weighted by Gasteiger charge is 2.43. The number of aromatic nitrogens is 2. The number of benzene rings is 1. The van der Waals surface area contributed by atoms with Crippen molar-refractivity contribution in [2.45, 2.75) is 25.9 Å². The van der Waals surface area contributed by atoms with E-state index in [4.69, 9.17) is 16.3 Å². The molecule has 0 unspecified atom stereocenters. The molecule has 1 aromatic carbocycles. The summed E-state index contributed by atoms with van der Waals surface area (Å²) >= 11 is 5.87. The fourth-order valence-corrected chi connectivity index (χ4v) is 4.52. The summed E-state index contributed by atoms with van der Waals surface area (Å²) in [4.78, 5) is 24.2. The molecule has 0 N–H and O–H groups in total. The largest absolute Gasteiger partial charge is 0.376 e. The average molecular weight is 447 g/mol. The first-order chi connectivity index (χ1) is 14.9. The van der Waals surface area contributed by atoms with Crippen LogP contribution in [0.2, 0.25) is 5.02 Å². The lowest BCUT2D eigenvalue weighted by molar-refractivity contribution is 0.0822. The van der Waals surface area contributed by atoms with Gasteiger partial charge in [-0.25, -0.2) is 14.4 Å². The zero-order chi connectivity index (χ0) is 22.0. The molecule has 1 aliphatic heterocycles. The van der Waals surface area contributed by atoms with Crippen molar-refractivity contribution in [3.8, 4) is 0 Å². The van der Waals surface area contributed by atoms with Gasteiger partial charge in [-0.05, 0) is 54.7 Å². The SMILES string of the molecule is CN(C)C(=O)c1ccc(COC[C@@H]2C[C@@H]2C2CCN(c3ncc(Cl)cn3)CC2)cc1F. The standard InChI is InChI=1S/C23H28ClFN4O2/c1-28(2)22(30)19-4-3-15(9-21(19)25)13-31-14-17-10-20(17)16-5-7-29(8-6-16)23-26-11-18(24)12-27-23/h3-4,9,11-12,16-17,20H,5-8,10,13-14H2,1-2H3/t17-,20+/m0/s1. The van der Waals surface area contributed by atoms with Crippen LogP contribution in [0.25, 0.3) is 0 Å². The molecule has 2 heterocycles. The van der Waals surface area contributed by atoms with Gasteiger partial charge in [-0.15, -0.1) is 0 Å². The average Bonchev–Trinajstić information content (AvgIpc) is 3.53. The van der Waals surface area contributed by atoms with E-state index in [-0.39, 0.29) is 11.5 Å². The minimum absolute atomic E-state index is 0.0892. The number of carbonyl (C=O) groups excluding carboxylic acids is 1. The molecule has 2 aromatic rings. The molecule has 2 atom stereocenters. The van der Waals surface area contributed by atoms with Crippen molar-refractivity contribution in [3.05, 3.63) is 52.6 Å². The first-order valence-corrected chi connectivity index (χ1v) is 11.1. The number of hydrogen-bond donors (Lipinski definition) is 0. The summed E-state index contributed by atoms with van der Waals surface area (Å²) in [6.45, 7) is 3.00. The van der Waals surface area contributed by atoms with E-state index in [2.05, 4.69) is 14.9 Å². The lowest BCUT2D eigenvalue weighted by Crippen LogP contribution is -2.35. The number of anilines is 1. The number of carbonyl (C=O) groups is 1. The van der Waals surface area contributed by atoms with Crippen LogP contribution in [-0.4, -0.2) is 54.6 Å². The lowest BCUT2D eigenvalue weighted by Gasteiger charge is -2.32. The van der Waals surface area contributed by atoms with Crippen LogP contribution in [0.3, 0.4) is 0 Å². The third-order valence-electron chi connectivity index (χ3n) is 6.28.